The average molecular weight is 697 g/mol. The lowest BCUT2D eigenvalue weighted by Gasteiger charge is -2.31. The Bertz CT molecular complexity index is 1960. The molecule has 3 saturated heterocycles. The van der Waals surface area contributed by atoms with E-state index in [1.807, 2.05) is 4.90 Å². The van der Waals surface area contributed by atoms with Gasteiger partial charge >= 0.3 is 12.2 Å². The van der Waals surface area contributed by atoms with Crippen molar-refractivity contribution in [3.8, 4) is 17.3 Å². The molecular formula is C33H35ClF2N8O5. The lowest BCUT2D eigenvalue weighted by molar-refractivity contribution is -0.130. The van der Waals surface area contributed by atoms with Crippen LogP contribution in [0.15, 0.2) is 18.5 Å². The summed E-state index contributed by atoms with van der Waals surface area (Å²) in [6.45, 7) is 3.59. The van der Waals surface area contributed by atoms with Crippen molar-refractivity contribution in [2.24, 2.45) is 0 Å². The number of halogens is 3. The van der Waals surface area contributed by atoms with E-state index in [9.17, 15) is 14.0 Å². The maximum atomic E-state index is 17.1. The predicted molar refractivity (Wildman–Crippen MR) is 175 cm³/mol. The number of nitrogens with one attached hydrogen (secondary N) is 1. The Morgan fingerprint density at radius 2 is 2.04 bits per heavy atom. The van der Waals surface area contributed by atoms with Crippen molar-refractivity contribution in [1.82, 2.24) is 34.9 Å². The smallest absolute Gasteiger partial charge is 0.461 e. The van der Waals surface area contributed by atoms with E-state index in [0.29, 0.717) is 77.2 Å². The van der Waals surface area contributed by atoms with E-state index in [4.69, 9.17) is 30.8 Å². The Morgan fingerprint density at radius 1 is 1.16 bits per heavy atom. The fraction of sp³-hybridized carbons (Fsp3) is 0.515. The second-order valence-corrected chi connectivity index (χ2v) is 13.7. The minimum absolute atomic E-state index is 0.0186. The zero-order valence-electron chi connectivity index (χ0n) is 26.9. The number of ether oxygens (including phenoxy) is 3. The van der Waals surface area contributed by atoms with Crippen LogP contribution in [0.4, 0.5) is 19.4 Å². The summed E-state index contributed by atoms with van der Waals surface area (Å²) in [5.74, 6) is -0.589. The van der Waals surface area contributed by atoms with Gasteiger partial charge in [-0.25, -0.2) is 13.6 Å². The number of amides is 1. The highest BCUT2D eigenvalue weighted by atomic mass is 35.5. The molecular weight excluding hydrogens is 662 g/mol. The van der Waals surface area contributed by atoms with Crippen molar-refractivity contribution in [1.29, 1.82) is 0 Å². The third-order valence-corrected chi connectivity index (χ3v) is 10.5. The Balaban J connectivity index is 1.30. The second-order valence-electron chi connectivity index (χ2n) is 13.3. The van der Waals surface area contributed by atoms with Gasteiger partial charge < -0.3 is 24.0 Å². The molecule has 0 unspecified atom stereocenters. The first kappa shape index (κ1) is 31.9. The van der Waals surface area contributed by atoms with Crippen molar-refractivity contribution in [2.75, 3.05) is 57.4 Å². The van der Waals surface area contributed by atoms with Crippen LogP contribution in [0.3, 0.4) is 0 Å². The molecule has 0 spiro atoms. The number of anilines is 1. The highest BCUT2D eigenvalue weighted by Crippen LogP contribution is 2.42. The van der Waals surface area contributed by atoms with Crippen LogP contribution < -0.4 is 9.64 Å². The fourth-order valence-electron chi connectivity index (χ4n) is 7.87. The van der Waals surface area contributed by atoms with Gasteiger partial charge in [0, 0.05) is 55.1 Å². The van der Waals surface area contributed by atoms with Gasteiger partial charge in [0.2, 0.25) is 5.91 Å². The van der Waals surface area contributed by atoms with E-state index in [1.54, 1.807) is 17.2 Å². The lowest BCUT2D eigenvalue weighted by Crippen LogP contribution is -2.43. The van der Waals surface area contributed by atoms with Crippen LogP contribution >= 0.6 is 11.6 Å². The van der Waals surface area contributed by atoms with E-state index in [1.165, 1.54) is 13.1 Å². The van der Waals surface area contributed by atoms with E-state index >= 15 is 4.39 Å². The van der Waals surface area contributed by atoms with E-state index in [2.05, 4.69) is 25.1 Å². The molecule has 0 radical (unpaired) electrons. The molecule has 1 amide bonds. The predicted octanol–water partition coefficient (Wildman–Crippen LogP) is 4.45. The molecule has 49 heavy (non-hydrogen) atoms. The number of fused-ring (bicyclic) bond motifs is 8. The monoisotopic (exact) mass is 696 g/mol. The highest BCUT2D eigenvalue weighted by molar-refractivity contribution is 6.33. The molecule has 0 saturated carbocycles. The number of aromatic amines is 1. The molecule has 6 bridgehead atoms. The number of benzene rings is 1. The third-order valence-electron chi connectivity index (χ3n) is 10.2. The van der Waals surface area contributed by atoms with Gasteiger partial charge in [0.15, 0.2) is 5.82 Å². The Morgan fingerprint density at radius 3 is 2.90 bits per heavy atom. The van der Waals surface area contributed by atoms with Crippen LogP contribution in [0, 0.1) is 5.82 Å². The van der Waals surface area contributed by atoms with Crippen molar-refractivity contribution in [3.05, 3.63) is 34.9 Å². The summed E-state index contributed by atoms with van der Waals surface area (Å²) in [4.78, 5) is 44.9. The van der Waals surface area contributed by atoms with Gasteiger partial charge in [0.1, 0.15) is 35.9 Å². The lowest BCUT2D eigenvalue weighted by atomic mass is 9.95. The van der Waals surface area contributed by atoms with Crippen molar-refractivity contribution in [3.63, 3.8) is 0 Å². The zero-order chi connectivity index (χ0) is 33.9. The Hall–Kier alpha value is -4.37. The minimum atomic E-state index is -0.952. The number of aromatic nitrogens is 5. The summed E-state index contributed by atoms with van der Waals surface area (Å²) < 4.78 is 49.1. The molecule has 13 nitrogen and oxygen atoms in total. The summed E-state index contributed by atoms with van der Waals surface area (Å²) in [6.07, 6.45) is 3.25. The zero-order valence-corrected chi connectivity index (χ0v) is 27.6. The first-order valence-electron chi connectivity index (χ1n) is 16.6. The third kappa shape index (κ3) is 5.75. The van der Waals surface area contributed by atoms with Gasteiger partial charge in [-0.1, -0.05) is 11.6 Å². The molecule has 5 aliphatic rings. The van der Waals surface area contributed by atoms with Crippen LogP contribution in [-0.4, -0.2) is 117 Å². The van der Waals surface area contributed by atoms with Gasteiger partial charge in [-0.3, -0.25) is 19.8 Å². The van der Waals surface area contributed by atoms with Gasteiger partial charge in [-0.15, -0.1) is 0 Å². The number of carbonyl (C=O) groups is 2. The molecule has 3 aromatic heterocycles. The normalized spacial score (nSPS) is 24.6. The van der Waals surface area contributed by atoms with Crippen molar-refractivity contribution < 1.29 is 32.6 Å². The Kier molecular flexibility index (Phi) is 8.13. The molecule has 3 fully saturated rings. The number of hydrogen-bond acceptors (Lipinski definition) is 11. The van der Waals surface area contributed by atoms with Crippen LogP contribution in [0.25, 0.3) is 33.1 Å². The summed E-state index contributed by atoms with van der Waals surface area (Å²) in [7, 11) is 0. The molecule has 1 N–H and O–H groups in total. The SMILES string of the molecule is CC(=O)N1CCN2C[C@@H](C1)OC(=O)OCCCc1c(Cl)cc3[nH]ncc3c1-c1ncc3c2nc(OC[C@@]24CCCN2C[C@H](F)C4)nc3c1F. The number of hydrogen-bond donors (Lipinski definition) is 1. The topological polar surface area (TPSA) is 139 Å². The maximum Gasteiger partial charge on any atom is 0.508 e. The molecule has 3 atom stereocenters. The molecule has 5 aliphatic heterocycles. The number of nitrogens with zero attached hydrogens (tertiary/aromatic N) is 7. The number of carbonyl (C=O) groups excluding carboxylic acids is 2. The van der Waals surface area contributed by atoms with Crippen LogP contribution in [0.2, 0.25) is 5.02 Å². The molecule has 9 rings (SSSR count). The second kappa shape index (κ2) is 12.5. The number of alkyl halides is 1. The molecule has 16 heteroatoms. The van der Waals surface area contributed by atoms with Crippen LogP contribution in [0.5, 0.6) is 6.01 Å². The standard InChI is InChI=1S/C33H35ClF2N8O5/c1-18(45)42-7-8-43-16-20(15-42)49-32(46)47-9-2-4-21-24(34)10-25-22(13-38-41-25)26(21)29-27(36)28-23(12-37-29)30(43)40-31(39-28)48-17-33-5-3-6-44(33)14-19(35)11-33/h10,12-13,19-20H,2-9,11,14-17H2,1H3,(H,38,41)/t19-,20-,33+/m1/s1. The Labute approximate surface area is 284 Å². The maximum absolute atomic E-state index is 17.1. The van der Waals surface area contributed by atoms with Gasteiger partial charge in [0.25, 0.3) is 0 Å². The summed E-state index contributed by atoms with van der Waals surface area (Å²) in [5.41, 5.74) is 1.15. The molecule has 0 aliphatic carbocycles. The van der Waals surface area contributed by atoms with E-state index in [-0.39, 0.29) is 49.4 Å². The first-order chi connectivity index (χ1) is 23.7. The van der Waals surface area contributed by atoms with Crippen molar-refractivity contribution in [2.45, 2.75) is 56.8 Å². The van der Waals surface area contributed by atoms with Crippen LogP contribution in [0.1, 0.15) is 38.2 Å². The quantitative estimate of drug-likeness (QED) is 0.304. The summed E-state index contributed by atoms with van der Waals surface area (Å²) in [6, 6.07) is 1.64. The first-order valence-corrected chi connectivity index (χ1v) is 16.9. The summed E-state index contributed by atoms with van der Waals surface area (Å²) in [5, 5.41) is 8.35. The number of rotatable bonds is 3. The average Bonchev–Trinajstić information content (AvgIpc) is 3.72. The minimum Gasteiger partial charge on any atom is -0.461 e. The van der Waals surface area contributed by atoms with Gasteiger partial charge in [0.05, 0.1) is 42.3 Å². The molecule has 8 heterocycles. The van der Waals surface area contributed by atoms with Gasteiger partial charge in [-0.2, -0.15) is 15.1 Å². The van der Waals surface area contributed by atoms with E-state index in [0.717, 1.165) is 19.4 Å². The molecule has 4 aromatic rings. The fourth-order valence-corrected chi connectivity index (χ4v) is 8.16. The van der Waals surface area contributed by atoms with Crippen LogP contribution in [-0.2, 0) is 20.7 Å². The largest absolute Gasteiger partial charge is 0.508 e. The highest BCUT2D eigenvalue weighted by Gasteiger charge is 2.49. The summed E-state index contributed by atoms with van der Waals surface area (Å²) >= 11 is 6.77. The molecule has 258 valence electrons. The number of pyridine rings is 1. The number of H-pyrrole nitrogens is 1. The van der Waals surface area contributed by atoms with Gasteiger partial charge in [-0.05, 0) is 43.9 Å². The van der Waals surface area contributed by atoms with E-state index < -0.39 is 29.8 Å². The molecule has 1 aromatic carbocycles. The van der Waals surface area contributed by atoms with Crippen molar-refractivity contribution >= 4 is 51.3 Å².